The SMILES string of the molecule is C[C@H](OC(=O)c1ccc(S(C)(=O)=O)cc1)c1nnc(-c2ccccc2)o1. The van der Waals surface area contributed by atoms with Gasteiger partial charge in [-0.2, -0.15) is 0 Å². The Morgan fingerprint density at radius 1 is 1.04 bits per heavy atom. The van der Waals surface area contributed by atoms with E-state index in [1.807, 2.05) is 30.3 Å². The number of rotatable bonds is 5. The zero-order chi connectivity index (χ0) is 18.7. The molecule has 0 N–H and O–H groups in total. The van der Waals surface area contributed by atoms with E-state index in [0.29, 0.717) is 5.89 Å². The molecule has 0 unspecified atom stereocenters. The maximum Gasteiger partial charge on any atom is 0.338 e. The highest BCUT2D eigenvalue weighted by molar-refractivity contribution is 7.90. The van der Waals surface area contributed by atoms with E-state index in [1.54, 1.807) is 6.92 Å². The van der Waals surface area contributed by atoms with Gasteiger partial charge in [0.05, 0.1) is 10.5 Å². The highest BCUT2D eigenvalue weighted by Gasteiger charge is 2.20. The Labute approximate surface area is 150 Å². The molecule has 0 saturated carbocycles. The van der Waals surface area contributed by atoms with E-state index in [1.165, 1.54) is 24.3 Å². The molecule has 8 heteroatoms. The maximum absolute atomic E-state index is 12.2. The van der Waals surface area contributed by atoms with Crippen LogP contribution in [0.3, 0.4) is 0 Å². The van der Waals surface area contributed by atoms with Gasteiger partial charge in [0.25, 0.3) is 5.89 Å². The normalized spacial score (nSPS) is 12.5. The second kappa shape index (κ2) is 7.09. The monoisotopic (exact) mass is 372 g/mol. The van der Waals surface area contributed by atoms with Crippen molar-refractivity contribution in [1.29, 1.82) is 0 Å². The van der Waals surface area contributed by atoms with E-state index >= 15 is 0 Å². The van der Waals surface area contributed by atoms with Gasteiger partial charge >= 0.3 is 5.97 Å². The number of aromatic nitrogens is 2. The van der Waals surface area contributed by atoms with E-state index in [2.05, 4.69) is 10.2 Å². The number of esters is 1. The van der Waals surface area contributed by atoms with Crippen molar-refractivity contribution in [2.75, 3.05) is 6.26 Å². The topological polar surface area (TPSA) is 99.4 Å². The molecule has 26 heavy (non-hydrogen) atoms. The van der Waals surface area contributed by atoms with Crippen LogP contribution in [0.1, 0.15) is 29.3 Å². The van der Waals surface area contributed by atoms with Gasteiger partial charge in [-0.25, -0.2) is 13.2 Å². The number of hydrogen-bond acceptors (Lipinski definition) is 7. The lowest BCUT2D eigenvalue weighted by Crippen LogP contribution is -2.10. The minimum atomic E-state index is -3.32. The van der Waals surface area contributed by atoms with Crippen LogP contribution in [0.25, 0.3) is 11.5 Å². The first kappa shape index (κ1) is 17.8. The lowest BCUT2D eigenvalue weighted by atomic mass is 10.2. The molecule has 1 atom stereocenters. The van der Waals surface area contributed by atoms with Crippen molar-refractivity contribution in [3.05, 3.63) is 66.1 Å². The van der Waals surface area contributed by atoms with E-state index in [0.717, 1.165) is 11.8 Å². The van der Waals surface area contributed by atoms with E-state index in [-0.39, 0.29) is 16.3 Å². The Morgan fingerprint density at radius 3 is 2.31 bits per heavy atom. The van der Waals surface area contributed by atoms with Crippen molar-refractivity contribution >= 4 is 15.8 Å². The highest BCUT2D eigenvalue weighted by atomic mass is 32.2. The van der Waals surface area contributed by atoms with Crippen LogP contribution in [0.15, 0.2) is 63.9 Å². The predicted octanol–water partition coefficient (Wildman–Crippen LogP) is 3.06. The van der Waals surface area contributed by atoms with Crippen LogP contribution in [0.2, 0.25) is 0 Å². The van der Waals surface area contributed by atoms with E-state index in [9.17, 15) is 13.2 Å². The minimum absolute atomic E-state index is 0.131. The molecule has 0 aliphatic rings. The molecular weight excluding hydrogens is 356 g/mol. The average molecular weight is 372 g/mol. The molecule has 0 saturated heterocycles. The fourth-order valence-electron chi connectivity index (χ4n) is 2.21. The van der Waals surface area contributed by atoms with Crippen LogP contribution >= 0.6 is 0 Å². The van der Waals surface area contributed by atoms with Gasteiger partial charge in [-0.05, 0) is 43.3 Å². The molecule has 0 radical (unpaired) electrons. The predicted molar refractivity (Wildman–Crippen MR) is 93.1 cm³/mol. The summed E-state index contributed by atoms with van der Waals surface area (Å²) >= 11 is 0. The first-order chi connectivity index (χ1) is 12.3. The second-order valence-corrected chi connectivity index (χ2v) is 7.67. The third-order valence-corrected chi connectivity index (χ3v) is 4.74. The molecule has 1 heterocycles. The van der Waals surface area contributed by atoms with Gasteiger partial charge in [0, 0.05) is 11.8 Å². The summed E-state index contributed by atoms with van der Waals surface area (Å²) in [5, 5.41) is 7.86. The van der Waals surface area contributed by atoms with Gasteiger partial charge in [-0.15, -0.1) is 10.2 Å². The number of sulfone groups is 1. The molecule has 134 valence electrons. The molecular formula is C18H16N2O5S. The summed E-state index contributed by atoms with van der Waals surface area (Å²) in [4.78, 5) is 12.3. The Balaban J connectivity index is 1.71. The van der Waals surface area contributed by atoms with Gasteiger partial charge in [-0.1, -0.05) is 18.2 Å². The van der Waals surface area contributed by atoms with Crippen LogP contribution in [0.4, 0.5) is 0 Å². The summed E-state index contributed by atoms with van der Waals surface area (Å²) in [6, 6.07) is 14.7. The largest absolute Gasteiger partial charge is 0.449 e. The third kappa shape index (κ3) is 3.97. The molecule has 0 spiro atoms. The van der Waals surface area contributed by atoms with Crippen molar-refractivity contribution in [2.24, 2.45) is 0 Å². The Bertz CT molecular complexity index is 1010. The average Bonchev–Trinajstić information content (AvgIpc) is 3.12. The Kier molecular flexibility index (Phi) is 4.85. The summed E-state index contributed by atoms with van der Waals surface area (Å²) in [5.41, 5.74) is 0.994. The molecule has 7 nitrogen and oxygen atoms in total. The molecule has 3 aromatic rings. The van der Waals surface area contributed by atoms with Gasteiger partial charge in [0.1, 0.15) is 0 Å². The number of nitrogens with zero attached hydrogens (tertiary/aromatic N) is 2. The lowest BCUT2D eigenvalue weighted by molar-refractivity contribution is 0.0280. The molecule has 0 amide bonds. The van der Waals surface area contributed by atoms with Gasteiger partial charge < -0.3 is 9.15 Å². The second-order valence-electron chi connectivity index (χ2n) is 5.66. The van der Waals surface area contributed by atoms with Crippen molar-refractivity contribution in [3.8, 4) is 11.5 Å². The van der Waals surface area contributed by atoms with Crippen LogP contribution in [0, 0.1) is 0 Å². The third-order valence-electron chi connectivity index (χ3n) is 3.61. The fraction of sp³-hybridized carbons (Fsp3) is 0.167. The van der Waals surface area contributed by atoms with Crippen molar-refractivity contribution in [3.63, 3.8) is 0 Å². The summed E-state index contributed by atoms with van der Waals surface area (Å²) in [5.74, 6) is -0.108. The quantitative estimate of drug-likeness (QED) is 0.635. The summed E-state index contributed by atoms with van der Waals surface area (Å²) in [7, 11) is -3.32. The molecule has 0 fully saturated rings. The summed E-state index contributed by atoms with van der Waals surface area (Å²) in [6.45, 7) is 1.62. The number of hydrogen-bond donors (Lipinski definition) is 0. The first-order valence-electron chi connectivity index (χ1n) is 7.74. The highest BCUT2D eigenvalue weighted by Crippen LogP contribution is 2.23. The van der Waals surface area contributed by atoms with Crippen LogP contribution in [-0.2, 0) is 14.6 Å². The van der Waals surface area contributed by atoms with Crippen LogP contribution < -0.4 is 0 Å². The lowest BCUT2D eigenvalue weighted by Gasteiger charge is -2.09. The first-order valence-corrected chi connectivity index (χ1v) is 9.63. The maximum atomic E-state index is 12.2. The number of carbonyl (C=O) groups is 1. The minimum Gasteiger partial charge on any atom is -0.449 e. The summed E-state index contributed by atoms with van der Waals surface area (Å²) < 4.78 is 33.8. The van der Waals surface area contributed by atoms with Crippen LogP contribution in [-0.4, -0.2) is 30.8 Å². The van der Waals surface area contributed by atoms with Crippen molar-refractivity contribution in [2.45, 2.75) is 17.9 Å². The van der Waals surface area contributed by atoms with Gasteiger partial charge in [0.2, 0.25) is 5.89 Å². The molecule has 1 aromatic heterocycles. The Hall–Kier alpha value is -3.00. The van der Waals surface area contributed by atoms with Crippen molar-refractivity contribution < 1.29 is 22.4 Å². The van der Waals surface area contributed by atoms with E-state index in [4.69, 9.17) is 9.15 Å². The molecule has 0 aliphatic heterocycles. The number of benzene rings is 2. The molecule has 2 aromatic carbocycles. The van der Waals surface area contributed by atoms with Gasteiger partial charge in [0.15, 0.2) is 15.9 Å². The summed E-state index contributed by atoms with van der Waals surface area (Å²) in [6.07, 6.45) is 0.351. The van der Waals surface area contributed by atoms with Crippen LogP contribution in [0.5, 0.6) is 0 Å². The Morgan fingerprint density at radius 2 is 1.69 bits per heavy atom. The zero-order valence-electron chi connectivity index (χ0n) is 14.1. The van der Waals surface area contributed by atoms with E-state index < -0.39 is 21.9 Å². The van der Waals surface area contributed by atoms with Gasteiger partial charge in [-0.3, -0.25) is 0 Å². The smallest absolute Gasteiger partial charge is 0.338 e. The zero-order valence-corrected chi connectivity index (χ0v) is 14.9. The molecule has 0 aliphatic carbocycles. The standard InChI is InChI=1S/C18H16N2O5S/c1-12(16-19-20-17(25-16)13-6-4-3-5-7-13)24-18(21)14-8-10-15(11-9-14)26(2,22)23/h3-12H,1-2H3/t12-/m0/s1. The molecule has 3 rings (SSSR count). The fourth-order valence-corrected chi connectivity index (χ4v) is 2.84. The number of ether oxygens (including phenoxy) is 1. The van der Waals surface area contributed by atoms with Crippen molar-refractivity contribution in [1.82, 2.24) is 10.2 Å². The molecule has 0 bridgehead atoms. The number of carbonyl (C=O) groups excluding carboxylic acids is 1.